The van der Waals surface area contributed by atoms with E-state index in [9.17, 15) is 14.4 Å². The minimum absolute atomic E-state index is 0.0531. The number of carbonyl (C=O) groups is 3. The van der Waals surface area contributed by atoms with Crippen molar-refractivity contribution in [2.24, 2.45) is 11.8 Å². The number of hydrogen-bond donors (Lipinski definition) is 1. The monoisotopic (exact) mass is 527 g/mol. The van der Waals surface area contributed by atoms with Gasteiger partial charge in [-0.1, -0.05) is 44.4 Å². The smallest absolute Gasteiger partial charge is 0.224 e. The summed E-state index contributed by atoms with van der Waals surface area (Å²) in [6.45, 7) is 5.48. The predicted molar refractivity (Wildman–Crippen MR) is 144 cm³/mol. The molecule has 2 aromatic rings. The zero-order chi connectivity index (χ0) is 26.1. The second-order valence-electron chi connectivity index (χ2n) is 9.68. The Morgan fingerprint density at radius 1 is 1.25 bits per heavy atom. The van der Waals surface area contributed by atoms with Crippen molar-refractivity contribution in [1.29, 1.82) is 5.26 Å². The van der Waals surface area contributed by atoms with Crippen LogP contribution in [0.2, 0.25) is 5.02 Å². The predicted octanol–water partition coefficient (Wildman–Crippen LogP) is 6.36. The fraction of sp³-hybridized carbons (Fsp3) is 0.536. The third-order valence-corrected chi connectivity index (χ3v) is 8.17. The number of nitrogens with zero attached hydrogens (tertiary/aromatic N) is 2. The van der Waals surface area contributed by atoms with Gasteiger partial charge in [-0.2, -0.15) is 5.26 Å². The third-order valence-electron chi connectivity index (χ3n) is 6.89. The first-order chi connectivity index (χ1) is 17.3. The zero-order valence-electron chi connectivity index (χ0n) is 20.9. The van der Waals surface area contributed by atoms with E-state index in [2.05, 4.69) is 16.9 Å². The van der Waals surface area contributed by atoms with E-state index in [1.54, 1.807) is 6.07 Å². The van der Waals surface area contributed by atoms with Crippen LogP contribution in [0.15, 0.2) is 30.4 Å². The number of nitrogens with one attached hydrogen (secondary N) is 1. The first-order valence-corrected chi connectivity index (χ1v) is 14.0. The number of aromatic nitrogens is 1. The first kappa shape index (κ1) is 28.0. The molecule has 1 heterocycles. The molecule has 8 heteroatoms. The molecule has 1 saturated carbocycles. The molecule has 1 amide bonds. The van der Waals surface area contributed by atoms with Crippen LogP contribution in [0.3, 0.4) is 0 Å². The highest BCUT2D eigenvalue weighted by Gasteiger charge is 2.30. The molecule has 36 heavy (non-hydrogen) atoms. The lowest BCUT2D eigenvalue weighted by Gasteiger charge is -2.32. The molecular weight excluding hydrogens is 494 g/mol. The van der Waals surface area contributed by atoms with E-state index in [0.717, 1.165) is 47.3 Å². The fourth-order valence-corrected chi connectivity index (χ4v) is 6.24. The Labute approximate surface area is 222 Å². The number of amides is 1. The molecule has 0 radical (unpaired) electrons. The number of ketones is 2. The average Bonchev–Trinajstić information content (AvgIpc) is 3.27. The number of nitriles is 1. The summed E-state index contributed by atoms with van der Waals surface area (Å²) in [5, 5.41) is 13.6. The molecule has 1 aliphatic carbocycles. The van der Waals surface area contributed by atoms with E-state index in [0.29, 0.717) is 24.3 Å². The number of carbonyl (C=O) groups excluding carboxylic acids is 3. The third kappa shape index (κ3) is 7.97. The van der Waals surface area contributed by atoms with Crippen molar-refractivity contribution in [2.45, 2.75) is 83.6 Å². The van der Waals surface area contributed by atoms with Crippen molar-refractivity contribution in [2.75, 3.05) is 0 Å². The molecule has 0 bridgehead atoms. The van der Waals surface area contributed by atoms with Crippen molar-refractivity contribution in [1.82, 2.24) is 10.3 Å². The van der Waals surface area contributed by atoms with Gasteiger partial charge in [0.25, 0.3) is 0 Å². The average molecular weight is 528 g/mol. The van der Waals surface area contributed by atoms with E-state index in [1.807, 2.05) is 25.1 Å². The largest absolute Gasteiger partial charge is 0.353 e. The lowest BCUT2D eigenvalue weighted by molar-refractivity contribution is -0.130. The minimum atomic E-state index is -0.532. The summed E-state index contributed by atoms with van der Waals surface area (Å²) >= 11 is 7.62. The van der Waals surface area contributed by atoms with Gasteiger partial charge in [-0.15, -0.1) is 11.3 Å². The highest BCUT2D eigenvalue weighted by molar-refractivity contribution is 7.18. The number of Topliss-reactive ketones (excluding diaryl/α,β-unsaturated/α-hetero) is 2. The van der Waals surface area contributed by atoms with Crippen molar-refractivity contribution in [3.8, 4) is 6.07 Å². The van der Waals surface area contributed by atoms with Gasteiger partial charge in [0, 0.05) is 36.7 Å². The molecule has 0 aliphatic heterocycles. The molecule has 1 fully saturated rings. The first-order valence-electron chi connectivity index (χ1n) is 12.8. The Balaban J connectivity index is 1.77. The maximum Gasteiger partial charge on any atom is 0.224 e. The lowest BCUT2D eigenvalue weighted by Crippen LogP contribution is -2.45. The molecule has 0 unspecified atom stereocenters. The number of benzene rings is 1. The summed E-state index contributed by atoms with van der Waals surface area (Å²) in [6.07, 6.45) is 7.72. The van der Waals surface area contributed by atoms with Crippen LogP contribution in [0.25, 0.3) is 10.2 Å². The number of thiazole rings is 1. The quantitative estimate of drug-likeness (QED) is 0.241. The van der Waals surface area contributed by atoms with E-state index in [-0.39, 0.29) is 47.8 Å². The van der Waals surface area contributed by atoms with Gasteiger partial charge in [0.2, 0.25) is 5.91 Å². The maximum atomic E-state index is 13.6. The van der Waals surface area contributed by atoms with Crippen LogP contribution in [0.4, 0.5) is 0 Å². The van der Waals surface area contributed by atoms with Crippen LogP contribution in [-0.2, 0) is 20.8 Å². The van der Waals surface area contributed by atoms with Crippen LogP contribution in [0, 0.1) is 23.2 Å². The highest BCUT2D eigenvalue weighted by Crippen LogP contribution is 2.30. The molecule has 192 valence electrons. The number of hydrogen-bond acceptors (Lipinski definition) is 6. The van der Waals surface area contributed by atoms with Crippen LogP contribution in [0.5, 0.6) is 0 Å². The molecule has 1 aromatic heterocycles. The molecule has 1 aromatic carbocycles. The SMILES string of the molecule is C=C(C#N)C(=O)CC[C@@H](NC(=O)[C@@H](CC(=O)CCC)Cc1nc2ccc(Cl)cc2s1)C1CCCCC1. The fourth-order valence-electron chi connectivity index (χ4n) is 4.92. The summed E-state index contributed by atoms with van der Waals surface area (Å²) in [5.74, 6) is -0.635. The normalized spacial score (nSPS) is 15.7. The second kappa shape index (κ2) is 13.7. The Bertz CT molecular complexity index is 1150. The van der Waals surface area contributed by atoms with Crippen LogP contribution >= 0.6 is 22.9 Å². The molecule has 0 saturated heterocycles. The lowest BCUT2D eigenvalue weighted by atomic mass is 9.81. The molecule has 6 nitrogen and oxygen atoms in total. The highest BCUT2D eigenvalue weighted by atomic mass is 35.5. The van der Waals surface area contributed by atoms with Gasteiger partial charge in [-0.25, -0.2) is 4.98 Å². The van der Waals surface area contributed by atoms with E-state index in [4.69, 9.17) is 16.9 Å². The number of rotatable bonds is 13. The van der Waals surface area contributed by atoms with E-state index < -0.39 is 5.92 Å². The van der Waals surface area contributed by atoms with Crippen LogP contribution in [-0.4, -0.2) is 28.5 Å². The van der Waals surface area contributed by atoms with Gasteiger partial charge in [0.05, 0.1) is 26.7 Å². The molecular formula is C28H34ClN3O3S. The van der Waals surface area contributed by atoms with Crippen LogP contribution < -0.4 is 5.32 Å². The van der Waals surface area contributed by atoms with Crippen molar-refractivity contribution >= 4 is 50.6 Å². The van der Waals surface area contributed by atoms with Crippen LogP contribution in [0.1, 0.15) is 76.1 Å². The Kier molecular flexibility index (Phi) is 10.6. The molecule has 1 N–H and O–H groups in total. The van der Waals surface area contributed by atoms with Gasteiger partial charge in [0.1, 0.15) is 11.9 Å². The van der Waals surface area contributed by atoms with Crippen molar-refractivity contribution in [3.05, 3.63) is 40.4 Å². The van der Waals surface area contributed by atoms with Gasteiger partial charge in [-0.05, 0) is 49.8 Å². The maximum absolute atomic E-state index is 13.6. The summed E-state index contributed by atoms with van der Waals surface area (Å²) in [4.78, 5) is 43.1. The van der Waals surface area contributed by atoms with Gasteiger partial charge in [0.15, 0.2) is 5.78 Å². The number of halogens is 1. The van der Waals surface area contributed by atoms with Gasteiger partial charge < -0.3 is 5.32 Å². The summed E-state index contributed by atoms with van der Waals surface area (Å²) in [5.41, 5.74) is 0.775. The van der Waals surface area contributed by atoms with Crippen molar-refractivity contribution < 1.29 is 14.4 Å². The Morgan fingerprint density at radius 3 is 2.69 bits per heavy atom. The number of allylic oxidation sites excluding steroid dienone is 1. The van der Waals surface area contributed by atoms with E-state index in [1.165, 1.54) is 17.8 Å². The Morgan fingerprint density at radius 2 is 2.00 bits per heavy atom. The summed E-state index contributed by atoms with van der Waals surface area (Å²) in [7, 11) is 0. The van der Waals surface area contributed by atoms with E-state index >= 15 is 0 Å². The summed E-state index contributed by atoms with van der Waals surface area (Å²) in [6, 6.07) is 7.16. The Hall–Kier alpha value is -2.56. The minimum Gasteiger partial charge on any atom is -0.353 e. The zero-order valence-corrected chi connectivity index (χ0v) is 22.4. The summed E-state index contributed by atoms with van der Waals surface area (Å²) < 4.78 is 0.952. The standard InChI is InChI=1S/C28H34ClN3O3S/c1-3-7-22(33)14-20(15-27-31-24-11-10-21(29)16-26(24)36-27)28(35)32-23(19-8-5-4-6-9-19)12-13-25(34)18(2)17-30/h10-11,16,19-20,23H,2-9,12-15H2,1H3,(H,32,35)/t20-,23+/m0/s1. The molecule has 1 aliphatic rings. The number of fused-ring (bicyclic) bond motifs is 1. The molecule has 0 spiro atoms. The van der Waals surface area contributed by atoms with Crippen molar-refractivity contribution in [3.63, 3.8) is 0 Å². The molecule has 3 rings (SSSR count). The second-order valence-corrected chi connectivity index (χ2v) is 11.2. The molecule has 2 atom stereocenters. The van der Waals surface area contributed by atoms with Gasteiger partial charge in [-0.3, -0.25) is 14.4 Å². The van der Waals surface area contributed by atoms with Gasteiger partial charge >= 0.3 is 0 Å². The topological polar surface area (TPSA) is 99.9 Å².